The van der Waals surface area contributed by atoms with Gasteiger partial charge in [-0.3, -0.25) is 4.90 Å². The van der Waals surface area contributed by atoms with E-state index in [-0.39, 0.29) is 0 Å². The van der Waals surface area contributed by atoms with Gasteiger partial charge >= 0.3 is 0 Å². The molecule has 0 bridgehead atoms. The molecule has 2 radical (unpaired) electrons. The van der Waals surface area contributed by atoms with Gasteiger partial charge in [-0.2, -0.15) is 0 Å². The molecule has 2 aliphatic rings. The SMILES string of the molecule is [B]CCCCCC1C(CN)CCC2(COC2)N1C. The number of hydrogen-bond donors (Lipinski definition) is 1. The predicted octanol–water partition coefficient (Wildman–Crippen LogP) is 1.57. The first-order valence-electron chi connectivity index (χ1n) is 7.44. The van der Waals surface area contributed by atoms with Gasteiger partial charge in [0.2, 0.25) is 0 Å². The second-order valence-corrected chi connectivity index (χ2v) is 6.07. The lowest BCUT2D eigenvalue weighted by molar-refractivity contribution is -0.173. The molecular formula is C14H27BN2O. The topological polar surface area (TPSA) is 38.5 Å². The van der Waals surface area contributed by atoms with Gasteiger partial charge in [-0.25, -0.2) is 0 Å². The van der Waals surface area contributed by atoms with Gasteiger partial charge < -0.3 is 10.5 Å². The molecule has 1 spiro atoms. The first-order chi connectivity index (χ1) is 8.73. The molecule has 0 aromatic carbocycles. The molecule has 2 unspecified atom stereocenters. The van der Waals surface area contributed by atoms with Crippen LogP contribution in [0.2, 0.25) is 6.32 Å². The van der Waals surface area contributed by atoms with Gasteiger partial charge in [-0.15, -0.1) is 0 Å². The molecular weight excluding hydrogens is 223 g/mol. The highest BCUT2D eigenvalue weighted by molar-refractivity contribution is 6.08. The summed E-state index contributed by atoms with van der Waals surface area (Å²) in [5.41, 5.74) is 6.29. The van der Waals surface area contributed by atoms with Crippen LogP contribution in [0.4, 0.5) is 0 Å². The molecule has 2 fully saturated rings. The van der Waals surface area contributed by atoms with Crippen molar-refractivity contribution in [2.75, 3.05) is 26.8 Å². The van der Waals surface area contributed by atoms with E-state index in [1.807, 2.05) is 0 Å². The third-order valence-corrected chi connectivity index (χ3v) is 5.02. The maximum absolute atomic E-state index is 5.96. The van der Waals surface area contributed by atoms with Gasteiger partial charge in [0.05, 0.1) is 26.6 Å². The largest absolute Gasteiger partial charge is 0.377 e. The van der Waals surface area contributed by atoms with Crippen molar-refractivity contribution in [3.8, 4) is 0 Å². The van der Waals surface area contributed by atoms with Crippen molar-refractivity contribution in [3.63, 3.8) is 0 Å². The average molecular weight is 250 g/mol. The van der Waals surface area contributed by atoms with Crippen molar-refractivity contribution in [1.29, 1.82) is 0 Å². The first kappa shape index (κ1) is 14.4. The zero-order valence-electron chi connectivity index (χ0n) is 11.7. The number of hydrogen-bond acceptors (Lipinski definition) is 3. The summed E-state index contributed by atoms with van der Waals surface area (Å²) in [5.74, 6) is 0.666. The Morgan fingerprint density at radius 1 is 1.33 bits per heavy atom. The Labute approximate surface area is 113 Å². The molecule has 0 aromatic rings. The van der Waals surface area contributed by atoms with Crippen LogP contribution >= 0.6 is 0 Å². The van der Waals surface area contributed by atoms with Gasteiger partial charge in [-0.05, 0) is 38.8 Å². The predicted molar refractivity (Wildman–Crippen MR) is 75.9 cm³/mol. The average Bonchev–Trinajstić information content (AvgIpc) is 2.34. The fourth-order valence-corrected chi connectivity index (χ4v) is 3.56. The molecule has 0 aromatic heterocycles. The summed E-state index contributed by atoms with van der Waals surface area (Å²) in [6.07, 6.45) is 8.29. The summed E-state index contributed by atoms with van der Waals surface area (Å²) < 4.78 is 5.46. The van der Waals surface area contributed by atoms with Crippen molar-refractivity contribution < 1.29 is 4.74 Å². The van der Waals surface area contributed by atoms with E-state index in [0.717, 1.165) is 32.5 Å². The van der Waals surface area contributed by atoms with Crippen molar-refractivity contribution in [1.82, 2.24) is 4.90 Å². The Bertz CT molecular complexity index is 258. The van der Waals surface area contributed by atoms with Gasteiger partial charge in [0.25, 0.3) is 0 Å². The Morgan fingerprint density at radius 2 is 2.11 bits per heavy atom. The van der Waals surface area contributed by atoms with Crippen LogP contribution in [0.15, 0.2) is 0 Å². The van der Waals surface area contributed by atoms with E-state index in [1.54, 1.807) is 0 Å². The maximum atomic E-state index is 5.96. The van der Waals surface area contributed by atoms with Crippen LogP contribution in [0.25, 0.3) is 0 Å². The highest BCUT2D eigenvalue weighted by Gasteiger charge is 2.49. The second-order valence-electron chi connectivity index (χ2n) is 6.07. The molecule has 2 N–H and O–H groups in total. The standard InChI is InChI=1S/C14H27BN2O/c1-17-13(5-3-2-4-8-15)12(9-16)6-7-14(17)10-18-11-14/h12-13H,2-11,16H2,1H3. The van der Waals surface area contributed by atoms with Gasteiger partial charge in [0.15, 0.2) is 0 Å². The number of ether oxygens (including phenoxy) is 1. The quantitative estimate of drug-likeness (QED) is 0.574. The third-order valence-electron chi connectivity index (χ3n) is 5.02. The Balaban J connectivity index is 1.89. The zero-order valence-corrected chi connectivity index (χ0v) is 11.7. The number of likely N-dealkylation sites (N-methyl/N-ethyl adjacent to an activating group) is 1. The van der Waals surface area contributed by atoms with E-state index >= 15 is 0 Å². The normalized spacial score (nSPS) is 31.4. The van der Waals surface area contributed by atoms with Crippen LogP contribution in [-0.4, -0.2) is 51.1 Å². The van der Waals surface area contributed by atoms with E-state index in [0.29, 0.717) is 17.5 Å². The minimum Gasteiger partial charge on any atom is -0.377 e. The molecule has 2 saturated heterocycles. The summed E-state index contributed by atoms with van der Waals surface area (Å²) in [5, 5.41) is 0. The minimum absolute atomic E-state index is 0.338. The number of unbranched alkanes of at least 4 members (excludes halogenated alkanes) is 2. The van der Waals surface area contributed by atoms with Crippen molar-refractivity contribution >= 4 is 7.85 Å². The number of rotatable bonds is 6. The Hall–Kier alpha value is -0.0551. The summed E-state index contributed by atoms with van der Waals surface area (Å²) >= 11 is 0. The van der Waals surface area contributed by atoms with Crippen LogP contribution in [-0.2, 0) is 4.74 Å². The molecule has 0 amide bonds. The lowest BCUT2D eigenvalue weighted by Gasteiger charge is -2.56. The lowest BCUT2D eigenvalue weighted by atomic mass is 9.75. The molecule has 2 atom stereocenters. The molecule has 3 nitrogen and oxygen atoms in total. The van der Waals surface area contributed by atoms with E-state index in [1.165, 1.54) is 32.1 Å². The Kier molecular flexibility index (Phi) is 5.10. The van der Waals surface area contributed by atoms with Crippen LogP contribution < -0.4 is 5.73 Å². The highest BCUT2D eigenvalue weighted by Crippen LogP contribution is 2.40. The highest BCUT2D eigenvalue weighted by atomic mass is 16.5. The number of likely N-dealkylation sites (tertiary alicyclic amines) is 1. The minimum atomic E-state index is 0.338. The number of nitrogens with zero attached hydrogens (tertiary/aromatic N) is 1. The molecule has 18 heavy (non-hydrogen) atoms. The summed E-state index contributed by atoms with van der Waals surface area (Å²) in [6, 6.07) is 0.644. The maximum Gasteiger partial charge on any atom is 0.0678 e. The van der Waals surface area contributed by atoms with Gasteiger partial charge in [-0.1, -0.05) is 25.6 Å². The second kappa shape index (κ2) is 6.40. The van der Waals surface area contributed by atoms with Crippen LogP contribution in [0.1, 0.15) is 38.5 Å². The van der Waals surface area contributed by atoms with Crippen LogP contribution in [0, 0.1) is 5.92 Å². The Morgan fingerprint density at radius 3 is 2.67 bits per heavy atom. The lowest BCUT2D eigenvalue weighted by Crippen LogP contribution is -2.67. The number of nitrogens with two attached hydrogens (primary N) is 1. The molecule has 102 valence electrons. The fourth-order valence-electron chi connectivity index (χ4n) is 3.56. The van der Waals surface area contributed by atoms with E-state index in [4.69, 9.17) is 18.3 Å². The van der Waals surface area contributed by atoms with E-state index in [9.17, 15) is 0 Å². The molecule has 0 saturated carbocycles. The van der Waals surface area contributed by atoms with Crippen molar-refractivity contribution in [2.45, 2.75) is 56.4 Å². The van der Waals surface area contributed by atoms with E-state index in [2.05, 4.69) is 11.9 Å². The van der Waals surface area contributed by atoms with Crippen molar-refractivity contribution in [2.24, 2.45) is 11.7 Å². The van der Waals surface area contributed by atoms with Gasteiger partial charge in [0, 0.05) is 6.04 Å². The molecule has 2 rings (SSSR count). The molecule has 4 heteroatoms. The summed E-state index contributed by atoms with van der Waals surface area (Å²) in [7, 11) is 7.83. The zero-order chi connectivity index (χ0) is 13.0. The first-order valence-corrected chi connectivity index (χ1v) is 7.44. The monoisotopic (exact) mass is 250 g/mol. The van der Waals surface area contributed by atoms with E-state index < -0.39 is 0 Å². The summed E-state index contributed by atoms with van der Waals surface area (Å²) in [6.45, 7) is 2.66. The smallest absolute Gasteiger partial charge is 0.0678 e. The fraction of sp³-hybridized carbons (Fsp3) is 1.00. The molecule has 2 heterocycles. The van der Waals surface area contributed by atoms with Crippen LogP contribution in [0.3, 0.4) is 0 Å². The molecule has 2 aliphatic heterocycles. The third kappa shape index (κ3) is 2.76. The summed E-state index contributed by atoms with van der Waals surface area (Å²) in [4.78, 5) is 2.58. The van der Waals surface area contributed by atoms with Crippen molar-refractivity contribution in [3.05, 3.63) is 0 Å². The molecule has 0 aliphatic carbocycles. The van der Waals surface area contributed by atoms with Gasteiger partial charge in [0.1, 0.15) is 0 Å². The number of piperidine rings is 1. The van der Waals surface area contributed by atoms with Crippen LogP contribution in [0.5, 0.6) is 0 Å².